The van der Waals surface area contributed by atoms with Crippen LogP contribution in [0, 0.1) is 0 Å². The number of carbonyl (C=O) groups excluding carboxylic acids is 2. The molecular formula is C14H18N2O3. The van der Waals surface area contributed by atoms with Crippen molar-refractivity contribution in [2.75, 3.05) is 11.9 Å². The van der Waals surface area contributed by atoms with Crippen LogP contribution in [0.15, 0.2) is 24.3 Å². The summed E-state index contributed by atoms with van der Waals surface area (Å²) in [5.41, 5.74) is 0.693. The predicted octanol–water partition coefficient (Wildman–Crippen LogP) is 1.69. The zero-order chi connectivity index (χ0) is 13.7. The lowest BCUT2D eigenvalue weighted by Gasteiger charge is -2.25. The number of carbonyl (C=O) groups is 2. The maximum atomic E-state index is 11.8. The van der Waals surface area contributed by atoms with Crippen molar-refractivity contribution in [1.82, 2.24) is 5.32 Å². The van der Waals surface area contributed by atoms with Crippen molar-refractivity contribution in [3.63, 3.8) is 0 Å². The number of fused-ring (bicyclic) bond motifs is 1. The molecule has 2 rings (SSSR count). The fourth-order valence-electron chi connectivity index (χ4n) is 1.94. The molecule has 5 heteroatoms. The van der Waals surface area contributed by atoms with Crippen LogP contribution in [0.25, 0.3) is 0 Å². The standard InChI is InChI=1S/C14H18N2O3/c1-2-5-13(17)15-9-8-12-14(18)16-10-6-3-4-7-11(10)19-12/h3-4,6-7,12H,2,5,8-9H2,1H3,(H,15,17)(H,16,18). The van der Waals surface area contributed by atoms with E-state index in [1.54, 1.807) is 6.07 Å². The molecule has 1 aliphatic rings. The monoisotopic (exact) mass is 262 g/mol. The lowest BCUT2D eigenvalue weighted by molar-refractivity contribution is -0.125. The van der Waals surface area contributed by atoms with E-state index < -0.39 is 6.10 Å². The lowest BCUT2D eigenvalue weighted by Crippen LogP contribution is -2.39. The van der Waals surface area contributed by atoms with Crippen LogP contribution < -0.4 is 15.4 Å². The highest BCUT2D eigenvalue weighted by Gasteiger charge is 2.26. The van der Waals surface area contributed by atoms with Gasteiger partial charge in [-0.15, -0.1) is 0 Å². The Morgan fingerprint density at radius 2 is 2.21 bits per heavy atom. The van der Waals surface area contributed by atoms with Crippen LogP contribution in [0.2, 0.25) is 0 Å². The van der Waals surface area contributed by atoms with Gasteiger partial charge >= 0.3 is 0 Å². The molecule has 2 amide bonds. The van der Waals surface area contributed by atoms with E-state index in [2.05, 4.69) is 10.6 Å². The first kappa shape index (κ1) is 13.4. The minimum atomic E-state index is -0.545. The summed E-state index contributed by atoms with van der Waals surface area (Å²) in [5, 5.41) is 5.57. The number of hydrogen-bond donors (Lipinski definition) is 2. The Morgan fingerprint density at radius 1 is 1.42 bits per heavy atom. The van der Waals surface area contributed by atoms with Gasteiger partial charge in [0.25, 0.3) is 5.91 Å². The normalized spacial score (nSPS) is 17.1. The molecule has 5 nitrogen and oxygen atoms in total. The summed E-state index contributed by atoms with van der Waals surface area (Å²) in [6, 6.07) is 7.31. The molecule has 1 aromatic rings. The number of hydrogen-bond acceptors (Lipinski definition) is 3. The van der Waals surface area contributed by atoms with Crippen LogP contribution in [0.4, 0.5) is 5.69 Å². The zero-order valence-electron chi connectivity index (χ0n) is 10.9. The van der Waals surface area contributed by atoms with Gasteiger partial charge in [0.05, 0.1) is 5.69 Å². The number of para-hydroxylation sites is 2. The minimum absolute atomic E-state index is 0.0131. The highest BCUT2D eigenvalue weighted by molar-refractivity contribution is 5.97. The number of benzene rings is 1. The van der Waals surface area contributed by atoms with Crippen molar-refractivity contribution >= 4 is 17.5 Å². The van der Waals surface area contributed by atoms with Gasteiger partial charge in [-0.05, 0) is 18.6 Å². The van der Waals surface area contributed by atoms with E-state index in [9.17, 15) is 9.59 Å². The fraction of sp³-hybridized carbons (Fsp3) is 0.429. The molecule has 0 saturated carbocycles. The molecular weight excluding hydrogens is 244 g/mol. The summed E-state index contributed by atoms with van der Waals surface area (Å²) >= 11 is 0. The number of ether oxygens (including phenoxy) is 1. The second kappa shape index (κ2) is 6.22. The summed E-state index contributed by atoms with van der Waals surface area (Å²) in [5.74, 6) is 0.523. The summed E-state index contributed by atoms with van der Waals surface area (Å²) in [7, 11) is 0. The average Bonchev–Trinajstić information content (AvgIpc) is 2.39. The summed E-state index contributed by atoms with van der Waals surface area (Å²) < 4.78 is 5.62. The van der Waals surface area contributed by atoms with Gasteiger partial charge in [-0.3, -0.25) is 9.59 Å². The van der Waals surface area contributed by atoms with Gasteiger partial charge in [0, 0.05) is 19.4 Å². The van der Waals surface area contributed by atoms with Crippen molar-refractivity contribution in [1.29, 1.82) is 0 Å². The first-order valence-electron chi connectivity index (χ1n) is 6.54. The third-order valence-electron chi connectivity index (χ3n) is 2.91. The molecule has 1 aliphatic heterocycles. The third-order valence-corrected chi connectivity index (χ3v) is 2.91. The molecule has 1 aromatic carbocycles. The molecule has 0 spiro atoms. The number of anilines is 1. The molecule has 0 aromatic heterocycles. The number of amides is 2. The Morgan fingerprint density at radius 3 is 3.00 bits per heavy atom. The highest BCUT2D eigenvalue weighted by Crippen LogP contribution is 2.29. The number of nitrogens with one attached hydrogen (secondary N) is 2. The minimum Gasteiger partial charge on any atom is -0.478 e. The van der Waals surface area contributed by atoms with E-state index in [1.165, 1.54) is 0 Å². The largest absolute Gasteiger partial charge is 0.478 e. The van der Waals surface area contributed by atoms with Crippen LogP contribution in [-0.4, -0.2) is 24.5 Å². The molecule has 1 heterocycles. The molecule has 19 heavy (non-hydrogen) atoms. The summed E-state index contributed by atoms with van der Waals surface area (Å²) in [6.07, 6.45) is 1.26. The van der Waals surface area contributed by atoms with Crippen LogP contribution >= 0.6 is 0 Å². The van der Waals surface area contributed by atoms with E-state index in [-0.39, 0.29) is 11.8 Å². The zero-order valence-corrected chi connectivity index (χ0v) is 10.9. The second-order valence-corrected chi connectivity index (χ2v) is 4.48. The Labute approximate surface area is 112 Å². The van der Waals surface area contributed by atoms with Crippen molar-refractivity contribution < 1.29 is 14.3 Å². The lowest BCUT2D eigenvalue weighted by atomic mass is 10.1. The van der Waals surface area contributed by atoms with Crippen LogP contribution in [0.3, 0.4) is 0 Å². The van der Waals surface area contributed by atoms with Crippen LogP contribution in [0.1, 0.15) is 26.2 Å². The maximum absolute atomic E-state index is 11.8. The first-order valence-corrected chi connectivity index (χ1v) is 6.54. The fourth-order valence-corrected chi connectivity index (χ4v) is 1.94. The van der Waals surface area contributed by atoms with E-state index in [0.717, 1.165) is 6.42 Å². The molecule has 0 radical (unpaired) electrons. The van der Waals surface area contributed by atoms with Gasteiger partial charge in [0.15, 0.2) is 6.10 Å². The maximum Gasteiger partial charge on any atom is 0.265 e. The molecule has 0 bridgehead atoms. The summed E-state index contributed by atoms with van der Waals surface area (Å²) in [4.78, 5) is 23.1. The van der Waals surface area contributed by atoms with Gasteiger partial charge in [-0.1, -0.05) is 19.1 Å². The molecule has 1 unspecified atom stereocenters. The van der Waals surface area contributed by atoms with E-state index in [4.69, 9.17) is 4.74 Å². The van der Waals surface area contributed by atoms with E-state index in [1.807, 2.05) is 25.1 Å². The summed E-state index contributed by atoms with van der Waals surface area (Å²) in [6.45, 7) is 2.40. The molecule has 1 atom stereocenters. The van der Waals surface area contributed by atoms with Crippen molar-refractivity contribution in [3.8, 4) is 5.75 Å². The van der Waals surface area contributed by atoms with E-state index >= 15 is 0 Å². The molecule has 0 fully saturated rings. The molecule has 2 N–H and O–H groups in total. The van der Waals surface area contributed by atoms with Gasteiger partial charge in [-0.2, -0.15) is 0 Å². The van der Waals surface area contributed by atoms with Crippen LogP contribution in [0.5, 0.6) is 5.75 Å². The Balaban J connectivity index is 1.85. The Bertz CT molecular complexity index is 474. The molecule has 102 valence electrons. The average molecular weight is 262 g/mol. The van der Waals surface area contributed by atoms with Gasteiger partial charge < -0.3 is 15.4 Å². The smallest absolute Gasteiger partial charge is 0.265 e. The Hall–Kier alpha value is -2.04. The highest BCUT2D eigenvalue weighted by atomic mass is 16.5. The van der Waals surface area contributed by atoms with Gasteiger partial charge in [0.2, 0.25) is 5.91 Å². The second-order valence-electron chi connectivity index (χ2n) is 4.48. The van der Waals surface area contributed by atoms with Crippen LogP contribution in [-0.2, 0) is 9.59 Å². The SMILES string of the molecule is CCCC(=O)NCCC1Oc2ccccc2NC1=O. The van der Waals surface area contributed by atoms with Gasteiger partial charge in [0.1, 0.15) is 5.75 Å². The van der Waals surface area contributed by atoms with Crippen molar-refractivity contribution in [2.24, 2.45) is 0 Å². The van der Waals surface area contributed by atoms with E-state index in [0.29, 0.717) is 30.8 Å². The third kappa shape index (κ3) is 3.47. The quantitative estimate of drug-likeness (QED) is 0.848. The predicted molar refractivity (Wildman–Crippen MR) is 72.0 cm³/mol. The Kier molecular flexibility index (Phi) is 4.39. The van der Waals surface area contributed by atoms with Crippen molar-refractivity contribution in [3.05, 3.63) is 24.3 Å². The van der Waals surface area contributed by atoms with Gasteiger partial charge in [-0.25, -0.2) is 0 Å². The number of rotatable bonds is 5. The first-order chi connectivity index (χ1) is 9.20. The topological polar surface area (TPSA) is 67.4 Å². The van der Waals surface area contributed by atoms with Crippen molar-refractivity contribution in [2.45, 2.75) is 32.3 Å². The molecule has 0 saturated heterocycles. The molecule has 0 aliphatic carbocycles.